The molecule has 0 aliphatic heterocycles. The molecule has 0 aliphatic carbocycles. The first kappa shape index (κ1) is 16.4. The molecule has 1 atom stereocenters. The molecule has 0 spiro atoms. The lowest BCUT2D eigenvalue weighted by molar-refractivity contribution is 0.0929. The Morgan fingerprint density at radius 2 is 1.90 bits per heavy atom. The molecule has 0 aliphatic rings. The third-order valence-corrected chi connectivity index (χ3v) is 3.14. The van der Waals surface area contributed by atoms with Crippen LogP contribution in [0.1, 0.15) is 50.4 Å². The van der Waals surface area contributed by atoms with Gasteiger partial charge in [-0.2, -0.15) is 0 Å². The summed E-state index contributed by atoms with van der Waals surface area (Å²) < 4.78 is 27.2. The first-order valence-electron chi connectivity index (χ1n) is 6.87. The van der Waals surface area contributed by atoms with Gasteiger partial charge >= 0.3 is 0 Å². The standard InChI is InChI=1S/C15H22F2N2O/c1-9(2)5-4-6-10(3)19-15(20)13-11(16)7-8-12(18)14(13)17/h7-10H,4-6,18H2,1-3H3,(H,19,20). The SMILES string of the molecule is CC(C)CCCC(C)NC(=O)c1c(F)ccc(N)c1F. The van der Waals surface area contributed by atoms with Gasteiger partial charge in [0.25, 0.3) is 5.91 Å². The van der Waals surface area contributed by atoms with Gasteiger partial charge in [-0.3, -0.25) is 4.79 Å². The molecule has 3 N–H and O–H groups in total. The molecule has 0 aromatic heterocycles. The highest BCUT2D eigenvalue weighted by atomic mass is 19.1. The van der Waals surface area contributed by atoms with Gasteiger partial charge in [0.1, 0.15) is 11.4 Å². The van der Waals surface area contributed by atoms with E-state index in [2.05, 4.69) is 19.2 Å². The molecule has 0 saturated carbocycles. The maximum atomic E-state index is 13.7. The highest BCUT2D eigenvalue weighted by Gasteiger charge is 2.20. The first-order chi connectivity index (χ1) is 9.32. The van der Waals surface area contributed by atoms with E-state index in [0.717, 1.165) is 31.4 Å². The minimum atomic E-state index is -1.00. The van der Waals surface area contributed by atoms with E-state index in [1.165, 1.54) is 0 Å². The summed E-state index contributed by atoms with van der Waals surface area (Å²) in [4.78, 5) is 11.9. The van der Waals surface area contributed by atoms with Crippen LogP contribution in [0.25, 0.3) is 0 Å². The number of halogens is 2. The molecule has 1 aromatic carbocycles. The van der Waals surface area contributed by atoms with Crippen molar-refractivity contribution < 1.29 is 13.6 Å². The fourth-order valence-electron chi connectivity index (χ4n) is 1.98. The minimum Gasteiger partial charge on any atom is -0.396 e. The van der Waals surface area contributed by atoms with Crippen LogP contribution in [0.4, 0.5) is 14.5 Å². The summed E-state index contributed by atoms with van der Waals surface area (Å²) in [7, 11) is 0. The Labute approximate surface area is 118 Å². The Morgan fingerprint density at radius 3 is 2.50 bits per heavy atom. The molecular formula is C15H22F2N2O. The number of rotatable bonds is 6. The van der Waals surface area contributed by atoms with E-state index in [1.807, 2.05) is 6.92 Å². The van der Waals surface area contributed by atoms with Crippen LogP contribution in [0.3, 0.4) is 0 Å². The molecule has 1 rings (SSSR count). The van der Waals surface area contributed by atoms with E-state index in [1.54, 1.807) is 0 Å². The molecule has 0 heterocycles. The van der Waals surface area contributed by atoms with Crippen molar-refractivity contribution in [3.05, 3.63) is 29.3 Å². The van der Waals surface area contributed by atoms with E-state index < -0.39 is 23.1 Å². The van der Waals surface area contributed by atoms with Crippen molar-refractivity contribution in [2.24, 2.45) is 5.92 Å². The van der Waals surface area contributed by atoms with Gasteiger partial charge < -0.3 is 11.1 Å². The molecule has 1 unspecified atom stereocenters. The number of hydrogen-bond acceptors (Lipinski definition) is 2. The van der Waals surface area contributed by atoms with Gasteiger partial charge in [0.2, 0.25) is 0 Å². The number of nitrogen functional groups attached to an aromatic ring is 1. The number of carbonyl (C=O) groups excluding carboxylic acids is 1. The van der Waals surface area contributed by atoms with Gasteiger partial charge in [0, 0.05) is 6.04 Å². The van der Waals surface area contributed by atoms with E-state index in [0.29, 0.717) is 5.92 Å². The average Bonchev–Trinajstić information content (AvgIpc) is 2.33. The second-order valence-corrected chi connectivity index (χ2v) is 5.52. The Morgan fingerprint density at radius 1 is 1.25 bits per heavy atom. The molecule has 0 fully saturated rings. The zero-order valence-electron chi connectivity index (χ0n) is 12.2. The Balaban J connectivity index is 2.65. The van der Waals surface area contributed by atoms with Crippen molar-refractivity contribution in [3.63, 3.8) is 0 Å². The van der Waals surface area contributed by atoms with Crippen molar-refractivity contribution in [2.45, 2.75) is 46.1 Å². The topological polar surface area (TPSA) is 55.1 Å². The predicted octanol–water partition coefficient (Wildman–Crippen LogP) is 3.49. The van der Waals surface area contributed by atoms with Crippen molar-refractivity contribution in [1.82, 2.24) is 5.32 Å². The maximum Gasteiger partial charge on any atom is 0.257 e. The summed E-state index contributed by atoms with van der Waals surface area (Å²) in [5.41, 5.74) is 4.51. The Bertz CT molecular complexity index is 475. The summed E-state index contributed by atoms with van der Waals surface area (Å²) in [5.74, 6) is -2.06. The Hall–Kier alpha value is -1.65. The fraction of sp³-hybridized carbons (Fsp3) is 0.533. The van der Waals surface area contributed by atoms with Gasteiger partial charge in [-0.1, -0.05) is 26.7 Å². The predicted molar refractivity (Wildman–Crippen MR) is 76.4 cm³/mol. The zero-order chi connectivity index (χ0) is 15.3. The monoisotopic (exact) mass is 284 g/mol. The summed E-state index contributed by atoms with van der Waals surface area (Å²) in [6.45, 7) is 6.07. The maximum absolute atomic E-state index is 13.7. The lowest BCUT2D eigenvalue weighted by Gasteiger charge is -2.15. The number of hydrogen-bond donors (Lipinski definition) is 2. The van der Waals surface area contributed by atoms with Crippen LogP contribution >= 0.6 is 0 Å². The third-order valence-electron chi connectivity index (χ3n) is 3.14. The smallest absolute Gasteiger partial charge is 0.257 e. The van der Waals surface area contributed by atoms with Gasteiger partial charge in [-0.05, 0) is 31.4 Å². The van der Waals surface area contributed by atoms with E-state index >= 15 is 0 Å². The normalized spacial score (nSPS) is 12.5. The molecule has 112 valence electrons. The summed E-state index contributed by atoms with van der Waals surface area (Å²) in [6.07, 6.45) is 2.79. The quantitative estimate of drug-likeness (QED) is 0.786. The second kappa shape index (κ2) is 7.22. The van der Waals surface area contributed by atoms with Gasteiger partial charge in [0.05, 0.1) is 5.69 Å². The lowest BCUT2D eigenvalue weighted by atomic mass is 10.0. The molecule has 3 nitrogen and oxygen atoms in total. The number of anilines is 1. The third kappa shape index (κ3) is 4.47. The van der Waals surface area contributed by atoms with Crippen LogP contribution in [-0.4, -0.2) is 11.9 Å². The Kier molecular flexibility index (Phi) is 5.92. The molecule has 20 heavy (non-hydrogen) atoms. The highest BCUT2D eigenvalue weighted by Crippen LogP contribution is 2.19. The highest BCUT2D eigenvalue weighted by molar-refractivity contribution is 5.95. The number of amides is 1. The first-order valence-corrected chi connectivity index (χ1v) is 6.87. The van der Waals surface area contributed by atoms with E-state index in [-0.39, 0.29) is 11.7 Å². The van der Waals surface area contributed by atoms with E-state index in [9.17, 15) is 13.6 Å². The van der Waals surface area contributed by atoms with Crippen molar-refractivity contribution >= 4 is 11.6 Å². The second-order valence-electron chi connectivity index (χ2n) is 5.52. The van der Waals surface area contributed by atoms with Crippen LogP contribution in [0, 0.1) is 17.6 Å². The van der Waals surface area contributed by atoms with Crippen LogP contribution in [0.15, 0.2) is 12.1 Å². The molecule has 0 bridgehead atoms. The van der Waals surface area contributed by atoms with Crippen molar-refractivity contribution in [3.8, 4) is 0 Å². The summed E-state index contributed by atoms with van der Waals surface area (Å²) in [5, 5.41) is 2.60. The minimum absolute atomic E-state index is 0.138. The largest absolute Gasteiger partial charge is 0.396 e. The summed E-state index contributed by atoms with van der Waals surface area (Å²) >= 11 is 0. The molecule has 1 aromatic rings. The average molecular weight is 284 g/mol. The zero-order valence-corrected chi connectivity index (χ0v) is 12.2. The fourth-order valence-corrected chi connectivity index (χ4v) is 1.98. The number of benzene rings is 1. The molecular weight excluding hydrogens is 262 g/mol. The molecule has 0 radical (unpaired) electrons. The molecule has 1 amide bonds. The van der Waals surface area contributed by atoms with Crippen LogP contribution in [0.2, 0.25) is 0 Å². The van der Waals surface area contributed by atoms with Crippen LogP contribution in [0.5, 0.6) is 0 Å². The van der Waals surface area contributed by atoms with E-state index in [4.69, 9.17) is 5.73 Å². The van der Waals surface area contributed by atoms with Gasteiger partial charge in [0.15, 0.2) is 5.82 Å². The molecule has 5 heteroatoms. The molecule has 0 saturated heterocycles. The van der Waals surface area contributed by atoms with Crippen LogP contribution in [-0.2, 0) is 0 Å². The summed E-state index contributed by atoms with van der Waals surface area (Å²) in [6, 6.07) is 1.96. The van der Waals surface area contributed by atoms with Crippen LogP contribution < -0.4 is 11.1 Å². The lowest BCUT2D eigenvalue weighted by Crippen LogP contribution is -2.34. The number of nitrogens with two attached hydrogens (primary N) is 1. The van der Waals surface area contributed by atoms with Crippen molar-refractivity contribution in [2.75, 3.05) is 5.73 Å². The van der Waals surface area contributed by atoms with Gasteiger partial charge in [-0.25, -0.2) is 8.78 Å². The number of nitrogens with one attached hydrogen (secondary N) is 1. The van der Waals surface area contributed by atoms with Gasteiger partial charge in [-0.15, -0.1) is 0 Å². The van der Waals surface area contributed by atoms with Crippen molar-refractivity contribution in [1.29, 1.82) is 0 Å². The number of carbonyl (C=O) groups is 1.